The summed E-state index contributed by atoms with van der Waals surface area (Å²) in [7, 11) is 0. The molecule has 0 saturated carbocycles. The Bertz CT molecular complexity index is 741. The molecule has 1 atom stereocenters. The van der Waals surface area contributed by atoms with Gasteiger partial charge in [0.2, 0.25) is 11.7 Å². The van der Waals surface area contributed by atoms with Crippen molar-refractivity contribution in [2.75, 3.05) is 6.61 Å². The van der Waals surface area contributed by atoms with Crippen molar-refractivity contribution in [2.45, 2.75) is 26.5 Å². The van der Waals surface area contributed by atoms with Gasteiger partial charge in [0.1, 0.15) is 5.75 Å². The molecule has 0 fully saturated rings. The van der Waals surface area contributed by atoms with E-state index < -0.39 is 12.1 Å². The number of carbonyl (C=O) groups is 3. The highest BCUT2D eigenvalue weighted by atomic mass is 32.1. The van der Waals surface area contributed by atoms with E-state index in [1.165, 1.54) is 25.2 Å². The van der Waals surface area contributed by atoms with Crippen LogP contribution in [0, 0.1) is 0 Å². The Labute approximate surface area is 149 Å². The van der Waals surface area contributed by atoms with E-state index >= 15 is 0 Å². The molecule has 6 nitrogen and oxygen atoms in total. The van der Waals surface area contributed by atoms with Gasteiger partial charge in [-0.3, -0.25) is 9.59 Å². The lowest BCUT2D eigenvalue weighted by Gasteiger charge is -2.12. The zero-order valence-electron chi connectivity index (χ0n) is 14.0. The number of rotatable bonds is 8. The fourth-order valence-electron chi connectivity index (χ4n) is 1.96. The van der Waals surface area contributed by atoms with Gasteiger partial charge < -0.3 is 14.8 Å². The maximum absolute atomic E-state index is 12.3. The third-order valence-electron chi connectivity index (χ3n) is 3.19. The van der Waals surface area contributed by atoms with Gasteiger partial charge >= 0.3 is 5.97 Å². The molecule has 132 valence electrons. The summed E-state index contributed by atoms with van der Waals surface area (Å²) in [5, 5.41) is 2.67. The van der Waals surface area contributed by atoms with Gasteiger partial charge in [-0.2, -0.15) is 0 Å². The van der Waals surface area contributed by atoms with Crippen LogP contribution < -0.4 is 10.1 Å². The summed E-state index contributed by atoms with van der Waals surface area (Å²) in [5.41, 5.74) is 0. The number of carbonyl (C=O) groups excluding carboxylic acids is 3. The van der Waals surface area contributed by atoms with E-state index in [9.17, 15) is 14.4 Å². The van der Waals surface area contributed by atoms with Gasteiger partial charge in [0.25, 0.3) is 0 Å². The molecule has 0 aliphatic heterocycles. The fourth-order valence-corrected chi connectivity index (χ4v) is 2.93. The van der Waals surface area contributed by atoms with Crippen LogP contribution in [-0.4, -0.2) is 30.4 Å². The zero-order chi connectivity index (χ0) is 18.2. The first-order valence-corrected chi connectivity index (χ1v) is 8.52. The molecule has 0 saturated heterocycles. The molecule has 2 aromatic rings. The number of nitrogens with one attached hydrogen (secondary N) is 1. The van der Waals surface area contributed by atoms with Crippen LogP contribution in [-0.2, 0) is 20.9 Å². The molecular formula is C18H19NO5S. The maximum atomic E-state index is 12.3. The maximum Gasteiger partial charge on any atom is 0.344 e. The quantitative estimate of drug-likeness (QED) is 0.577. The van der Waals surface area contributed by atoms with Gasteiger partial charge in [0.05, 0.1) is 11.4 Å². The second-order valence-electron chi connectivity index (χ2n) is 5.27. The molecule has 1 heterocycles. The molecule has 0 aliphatic rings. The summed E-state index contributed by atoms with van der Waals surface area (Å²) in [6, 6.07) is 12.3. The molecule has 0 radical (unpaired) electrons. The smallest absolute Gasteiger partial charge is 0.344 e. The number of hydrogen-bond donors (Lipinski definition) is 1. The summed E-state index contributed by atoms with van der Waals surface area (Å²) in [6.07, 6.45) is -0.904. The summed E-state index contributed by atoms with van der Waals surface area (Å²) >= 11 is 1.26. The number of thiophene rings is 1. The van der Waals surface area contributed by atoms with Crippen LogP contribution in [0.25, 0.3) is 0 Å². The average molecular weight is 361 g/mol. The van der Waals surface area contributed by atoms with E-state index in [1.54, 1.807) is 36.4 Å². The standard InChI is InChI=1S/C18H19NO5S/c1-12(24-17(21)11-23-14-6-4-3-5-7-14)18(22)16-9-8-15(25-16)10-19-13(2)20/h3-9,12H,10-11H2,1-2H3,(H,19,20). The Morgan fingerprint density at radius 2 is 1.84 bits per heavy atom. The fraction of sp³-hybridized carbons (Fsp3) is 0.278. The normalized spacial score (nSPS) is 11.4. The molecule has 1 aromatic heterocycles. The first-order chi connectivity index (χ1) is 12.0. The van der Waals surface area contributed by atoms with Crippen molar-refractivity contribution >= 4 is 29.0 Å². The lowest BCUT2D eigenvalue weighted by atomic mass is 10.2. The van der Waals surface area contributed by atoms with Gasteiger partial charge in [0.15, 0.2) is 12.7 Å². The third kappa shape index (κ3) is 6.04. The lowest BCUT2D eigenvalue weighted by Crippen LogP contribution is -2.26. The molecule has 1 N–H and O–H groups in total. The van der Waals surface area contributed by atoms with Crippen molar-refractivity contribution in [3.8, 4) is 5.75 Å². The molecule has 1 amide bonds. The van der Waals surface area contributed by atoms with Gasteiger partial charge in [0, 0.05) is 11.8 Å². The highest BCUT2D eigenvalue weighted by Crippen LogP contribution is 2.19. The molecule has 0 bridgehead atoms. The van der Waals surface area contributed by atoms with Gasteiger partial charge in [-0.05, 0) is 31.2 Å². The minimum Gasteiger partial charge on any atom is -0.482 e. The molecule has 7 heteroatoms. The second-order valence-corrected chi connectivity index (χ2v) is 6.44. The first-order valence-electron chi connectivity index (χ1n) is 7.70. The van der Waals surface area contributed by atoms with Crippen LogP contribution in [0.3, 0.4) is 0 Å². The van der Waals surface area contributed by atoms with Crippen molar-refractivity contribution in [3.63, 3.8) is 0 Å². The number of esters is 1. The number of ether oxygens (including phenoxy) is 2. The van der Waals surface area contributed by atoms with Crippen molar-refractivity contribution in [1.82, 2.24) is 5.32 Å². The van der Waals surface area contributed by atoms with Crippen LogP contribution in [0.1, 0.15) is 28.4 Å². The van der Waals surface area contributed by atoms with E-state index in [2.05, 4.69) is 5.32 Å². The van der Waals surface area contributed by atoms with Crippen LogP contribution in [0.2, 0.25) is 0 Å². The largest absolute Gasteiger partial charge is 0.482 e. The number of ketones is 1. The van der Waals surface area contributed by atoms with E-state index in [0.29, 0.717) is 17.2 Å². The zero-order valence-corrected chi connectivity index (χ0v) is 14.8. The van der Waals surface area contributed by atoms with Gasteiger partial charge in [-0.1, -0.05) is 18.2 Å². The highest BCUT2D eigenvalue weighted by Gasteiger charge is 2.21. The predicted molar refractivity (Wildman–Crippen MR) is 93.7 cm³/mol. The van der Waals surface area contributed by atoms with Gasteiger partial charge in [-0.25, -0.2) is 4.79 Å². The van der Waals surface area contributed by atoms with E-state index in [-0.39, 0.29) is 18.3 Å². The van der Waals surface area contributed by atoms with Crippen LogP contribution >= 0.6 is 11.3 Å². The Kier molecular flexibility index (Phi) is 6.71. The molecule has 0 spiro atoms. The number of Topliss-reactive ketones (excluding diaryl/α,β-unsaturated/α-hetero) is 1. The predicted octanol–water partition coefficient (Wildman–Crippen LogP) is 2.58. The molecule has 0 aliphatic carbocycles. The van der Waals surface area contributed by atoms with E-state index in [1.807, 2.05) is 6.07 Å². The summed E-state index contributed by atoms with van der Waals surface area (Å²) in [6.45, 7) is 3.06. The Morgan fingerprint density at radius 3 is 2.52 bits per heavy atom. The summed E-state index contributed by atoms with van der Waals surface area (Å²) in [5.74, 6) is -0.479. The Hall–Kier alpha value is -2.67. The minimum absolute atomic E-state index is 0.137. The molecule has 1 aromatic carbocycles. The molecule has 1 unspecified atom stereocenters. The number of amides is 1. The lowest BCUT2D eigenvalue weighted by molar-refractivity contribution is -0.148. The minimum atomic E-state index is -0.904. The monoisotopic (exact) mass is 361 g/mol. The van der Waals surface area contributed by atoms with Crippen LogP contribution in [0.5, 0.6) is 5.75 Å². The molecule has 25 heavy (non-hydrogen) atoms. The molecular weight excluding hydrogens is 342 g/mol. The van der Waals surface area contributed by atoms with Crippen LogP contribution in [0.4, 0.5) is 0 Å². The number of hydrogen-bond acceptors (Lipinski definition) is 6. The van der Waals surface area contributed by atoms with E-state index in [0.717, 1.165) is 4.88 Å². The number of para-hydroxylation sites is 1. The third-order valence-corrected chi connectivity index (χ3v) is 4.29. The summed E-state index contributed by atoms with van der Waals surface area (Å²) in [4.78, 5) is 36.3. The highest BCUT2D eigenvalue weighted by molar-refractivity contribution is 7.14. The van der Waals surface area contributed by atoms with Crippen LogP contribution in [0.15, 0.2) is 42.5 Å². The SMILES string of the molecule is CC(=O)NCc1ccc(C(=O)C(C)OC(=O)COc2ccccc2)s1. The molecule has 2 rings (SSSR count). The van der Waals surface area contributed by atoms with Crippen molar-refractivity contribution < 1.29 is 23.9 Å². The Balaban J connectivity index is 1.83. The second kappa shape index (κ2) is 8.98. The van der Waals surface area contributed by atoms with Crippen molar-refractivity contribution in [2.24, 2.45) is 0 Å². The summed E-state index contributed by atoms with van der Waals surface area (Å²) < 4.78 is 10.4. The Morgan fingerprint density at radius 1 is 1.12 bits per heavy atom. The van der Waals surface area contributed by atoms with Gasteiger partial charge in [-0.15, -0.1) is 11.3 Å². The van der Waals surface area contributed by atoms with Crippen molar-refractivity contribution in [3.05, 3.63) is 52.2 Å². The van der Waals surface area contributed by atoms with Crippen molar-refractivity contribution in [1.29, 1.82) is 0 Å². The first kappa shape index (κ1) is 18.7. The average Bonchev–Trinajstić information content (AvgIpc) is 3.07. The van der Waals surface area contributed by atoms with E-state index in [4.69, 9.17) is 9.47 Å². The number of benzene rings is 1. The topological polar surface area (TPSA) is 81.7 Å².